The molecule has 100 valence electrons. The van der Waals surface area contributed by atoms with Gasteiger partial charge in [0.25, 0.3) is 5.91 Å². The normalized spacial score (nSPS) is 16.8. The number of hydrogen-bond donors (Lipinski definition) is 1. The smallest absolute Gasteiger partial charge is 0.353 e. The fourth-order valence-corrected chi connectivity index (χ4v) is 2.55. The van der Waals surface area contributed by atoms with E-state index in [1.165, 1.54) is 21.8 Å². The highest BCUT2D eigenvalue weighted by molar-refractivity contribution is 5.96. The molecular weight excluding hydrogens is 248 g/mol. The molecule has 1 aliphatic carbocycles. The minimum Gasteiger partial charge on any atom is -0.364 e. The highest BCUT2D eigenvalue weighted by Gasteiger charge is 2.21. The van der Waals surface area contributed by atoms with Gasteiger partial charge in [0.05, 0.1) is 6.04 Å². The predicted octanol–water partition coefficient (Wildman–Crippen LogP) is -0.110. The minimum atomic E-state index is -0.716. The quantitative estimate of drug-likeness (QED) is 0.812. The molecule has 2 aromatic rings. The second kappa shape index (κ2) is 4.45. The van der Waals surface area contributed by atoms with Crippen LogP contribution in [0.5, 0.6) is 0 Å². The van der Waals surface area contributed by atoms with Gasteiger partial charge in [0, 0.05) is 0 Å². The lowest BCUT2D eigenvalue weighted by atomic mass is 9.96. The summed E-state index contributed by atoms with van der Waals surface area (Å²) in [5.74, 6) is -0.716. The third-order valence-corrected chi connectivity index (χ3v) is 3.53. The summed E-state index contributed by atoms with van der Waals surface area (Å²) in [5, 5.41) is 7.84. The second-order valence-corrected chi connectivity index (χ2v) is 4.76. The average Bonchev–Trinajstić information content (AvgIpc) is 2.85. The van der Waals surface area contributed by atoms with Gasteiger partial charge in [0.15, 0.2) is 11.3 Å². The van der Waals surface area contributed by atoms with Gasteiger partial charge in [-0.15, -0.1) is 5.10 Å². The van der Waals surface area contributed by atoms with Crippen LogP contribution < -0.4 is 11.4 Å². The van der Waals surface area contributed by atoms with Gasteiger partial charge in [-0.1, -0.05) is 24.5 Å². The molecule has 0 atom stereocenters. The number of nitrogens with zero attached hydrogens (tertiary/aromatic N) is 5. The summed E-state index contributed by atoms with van der Waals surface area (Å²) in [6, 6.07) is 0.0811. The number of hydrogen-bond acceptors (Lipinski definition) is 5. The standard InChI is InChI=1S/C11H14N6O2/c12-9(18)8-10-14-15-17(7-4-2-1-3-5-7)11(19)16(10)6-13-8/h6-7H,1-5H2,(H2,12,18). The van der Waals surface area contributed by atoms with Crippen LogP contribution in [-0.4, -0.2) is 30.3 Å². The van der Waals surface area contributed by atoms with Crippen LogP contribution in [-0.2, 0) is 0 Å². The number of nitrogens with two attached hydrogens (primary N) is 1. The van der Waals surface area contributed by atoms with Crippen molar-refractivity contribution < 1.29 is 4.79 Å². The predicted molar refractivity (Wildman–Crippen MR) is 65.7 cm³/mol. The molecule has 2 N–H and O–H groups in total. The third kappa shape index (κ3) is 1.88. The number of fused-ring (bicyclic) bond motifs is 1. The monoisotopic (exact) mass is 262 g/mol. The molecule has 0 radical (unpaired) electrons. The maximum atomic E-state index is 12.3. The van der Waals surface area contributed by atoms with Gasteiger partial charge in [0.2, 0.25) is 0 Å². The Morgan fingerprint density at radius 3 is 2.74 bits per heavy atom. The average molecular weight is 262 g/mol. The van der Waals surface area contributed by atoms with Gasteiger partial charge in [-0.3, -0.25) is 4.79 Å². The van der Waals surface area contributed by atoms with E-state index in [4.69, 9.17) is 5.73 Å². The zero-order valence-corrected chi connectivity index (χ0v) is 10.3. The molecule has 1 saturated carbocycles. The summed E-state index contributed by atoms with van der Waals surface area (Å²) in [4.78, 5) is 27.3. The first kappa shape index (κ1) is 11.8. The molecule has 8 nitrogen and oxygen atoms in total. The zero-order chi connectivity index (χ0) is 13.4. The number of amides is 1. The number of aromatic nitrogens is 5. The molecule has 3 rings (SSSR count). The van der Waals surface area contributed by atoms with E-state index in [9.17, 15) is 9.59 Å². The summed E-state index contributed by atoms with van der Waals surface area (Å²) in [6.07, 6.45) is 6.50. The topological polar surface area (TPSA) is 108 Å². The molecule has 0 aliphatic heterocycles. The molecule has 1 fully saturated rings. The van der Waals surface area contributed by atoms with Gasteiger partial charge in [-0.25, -0.2) is 14.2 Å². The molecule has 19 heavy (non-hydrogen) atoms. The fourth-order valence-electron chi connectivity index (χ4n) is 2.55. The van der Waals surface area contributed by atoms with Gasteiger partial charge >= 0.3 is 5.69 Å². The molecule has 0 spiro atoms. The van der Waals surface area contributed by atoms with Crippen LogP contribution in [0.3, 0.4) is 0 Å². The van der Waals surface area contributed by atoms with Crippen molar-refractivity contribution in [1.29, 1.82) is 0 Å². The molecule has 2 heterocycles. The third-order valence-electron chi connectivity index (χ3n) is 3.53. The maximum absolute atomic E-state index is 12.3. The second-order valence-electron chi connectivity index (χ2n) is 4.76. The number of carbonyl (C=O) groups is 1. The molecule has 0 unspecified atom stereocenters. The van der Waals surface area contributed by atoms with Crippen molar-refractivity contribution in [3.63, 3.8) is 0 Å². The number of imidazole rings is 1. The highest BCUT2D eigenvalue weighted by atomic mass is 16.2. The van der Waals surface area contributed by atoms with Crippen molar-refractivity contribution >= 4 is 11.6 Å². The molecular formula is C11H14N6O2. The first-order valence-electron chi connectivity index (χ1n) is 6.31. The maximum Gasteiger partial charge on any atom is 0.353 e. The Morgan fingerprint density at radius 1 is 1.32 bits per heavy atom. The van der Waals surface area contributed by atoms with Gasteiger partial charge < -0.3 is 5.73 Å². The Kier molecular flexibility index (Phi) is 2.77. The van der Waals surface area contributed by atoms with Gasteiger partial charge in [0.1, 0.15) is 6.33 Å². The van der Waals surface area contributed by atoms with Crippen molar-refractivity contribution in [2.24, 2.45) is 5.73 Å². The molecule has 8 heteroatoms. The van der Waals surface area contributed by atoms with E-state index < -0.39 is 5.91 Å². The molecule has 0 aromatic carbocycles. The first-order chi connectivity index (χ1) is 9.18. The molecule has 0 saturated heterocycles. The van der Waals surface area contributed by atoms with E-state index >= 15 is 0 Å². The van der Waals surface area contributed by atoms with Crippen molar-refractivity contribution in [1.82, 2.24) is 24.4 Å². The van der Waals surface area contributed by atoms with E-state index in [0.717, 1.165) is 25.7 Å². The van der Waals surface area contributed by atoms with Crippen LogP contribution in [0.25, 0.3) is 5.65 Å². The lowest BCUT2D eigenvalue weighted by Gasteiger charge is -2.21. The SMILES string of the molecule is NC(=O)c1ncn2c(=O)n(C3CCCCC3)nnc12. The van der Waals surface area contributed by atoms with E-state index in [-0.39, 0.29) is 23.1 Å². The zero-order valence-electron chi connectivity index (χ0n) is 10.3. The molecule has 0 bridgehead atoms. The lowest BCUT2D eigenvalue weighted by molar-refractivity contribution is 0.0997. The molecule has 1 aliphatic rings. The van der Waals surface area contributed by atoms with E-state index in [0.29, 0.717) is 0 Å². The summed E-state index contributed by atoms with van der Waals surface area (Å²) in [7, 11) is 0. The van der Waals surface area contributed by atoms with E-state index in [2.05, 4.69) is 15.3 Å². The van der Waals surface area contributed by atoms with Crippen molar-refractivity contribution in [3.8, 4) is 0 Å². The van der Waals surface area contributed by atoms with Crippen LogP contribution in [0.2, 0.25) is 0 Å². The van der Waals surface area contributed by atoms with Crippen molar-refractivity contribution in [2.45, 2.75) is 38.1 Å². The summed E-state index contributed by atoms with van der Waals surface area (Å²) < 4.78 is 2.61. The summed E-state index contributed by atoms with van der Waals surface area (Å²) >= 11 is 0. The summed E-state index contributed by atoms with van der Waals surface area (Å²) in [5.41, 5.74) is 4.93. The largest absolute Gasteiger partial charge is 0.364 e. The van der Waals surface area contributed by atoms with Crippen LogP contribution in [0.15, 0.2) is 11.1 Å². The van der Waals surface area contributed by atoms with Gasteiger partial charge in [-0.05, 0) is 12.8 Å². The fraction of sp³-hybridized carbons (Fsp3) is 0.545. The Balaban J connectivity index is 2.11. The van der Waals surface area contributed by atoms with Crippen molar-refractivity contribution in [2.75, 3.05) is 0 Å². The number of rotatable bonds is 2. The Bertz CT molecular complexity index is 682. The number of carbonyl (C=O) groups excluding carboxylic acids is 1. The Hall–Kier alpha value is -2.25. The first-order valence-corrected chi connectivity index (χ1v) is 6.31. The Labute approximate surface area is 108 Å². The van der Waals surface area contributed by atoms with E-state index in [1.54, 1.807) is 0 Å². The molecule has 1 amide bonds. The van der Waals surface area contributed by atoms with Crippen LogP contribution in [0, 0.1) is 0 Å². The minimum absolute atomic E-state index is 0.0274. The van der Waals surface area contributed by atoms with Crippen molar-refractivity contribution in [3.05, 3.63) is 22.5 Å². The lowest BCUT2D eigenvalue weighted by Crippen LogP contribution is -2.34. The van der Waals surface area contributed by atoms with E-state index in [1.807, 2.05) is 0 Å². The highest BCUT2D eigenvalue weighted by Crippen LogP contribution is 2.25. The number of primary amides is 1. The van der Waals surface area contributed by atoms with Gasteiger partial charge in [-0.2, -0.15) is 4.68 Å². The van der Waals surface area contributed by atoms with Crippen LogP contribution in [0.1, 0.15) is 48.6 Å². The molecule has 2 aromatic heterocycles. The Morgan fingerprint density at radius 2 is 2.05 bits per heavy atom. The summed E-state index contributed by atoms with van der Waals surface area (Å²) in [6.45, 7) is 0. The van der Waals surface area contributed by atoms with Crippen LogP contribution in [0.4, 0.5) is 0 Å². The van der Waals surface area contributed by atoms with Crippen LogP contribution >= 0.6 is 0 Å².